The van der Waals surface area contributed by atoms with E-state index in [9.17, 15) is 0 Å². The van der Waals surface area contributed by atoms with Crippen molar-refractivity contribution in [1.29, 1.82) is 0 Å². The largest absolute Gasteiger partial charge is 0.312 e. The summed E-state index contributed by atoms with van der Waals surface area (Å²) in [7, 11) is 2.28. The summed E-state index contributed by atoms with van der Waals surface area (Å²) in [5, 5.41) is 3.82. The monoisotopic (exact) mass is 224 g/mol. The Bertz CT molecular complexity index is 185. The molecule has 1 N–H and O–H groups in total. The Hall–Kier alpha value is -0.0800. The van der Waals surface area contributed by atoms with Crippen LogP contribution in [0, 0.1) is 0 Å². The number of hydrogen-bond acceptors (Lipinski definition) is 2. The van der Waals surface area contributed by atoms with Gasteiger partial charge in [0.25, 0.3) is 0 Å². The predicted octanol–water partition coefficient (Wildman–Crippen LogP) is 2.78. The summed E-state index contributed by atoms with van der Waals surface area (Å²) in [6.07, 6.45) is 12.9. The Morgan fingerprint density at radius 3 is 2.25 bits per heavy atom. The third kappa shape index (κ3) is 3.74. The molecule has 2 aliphatic rings. The number of likely N-dealkylation sites (tertiary alicyclic amines) is 1. The van der Waals surface area contributed by atoms with Crippen molar-refractivity contribution in [3.63, 3.8) is 0 Å². The minimum absolute atomic E-state index is 0.811. The molecular formula is C14H28N2. The van der Waals surface area contributed by atoms with E-state index in [-0.39, 0.29) is 0 Å². The summed E-state index contributed by atoms with van der Waals surface area (Å²) in [5.74, 6) is 0. The van der Waals surface area contributed by atoms with E-state index in [0.717, 1.165) is 12.1 Å². The average molecular weight is 224 g/mol. The van der Waals surface area contributed by atoms with Gasteiger partial charge in [-0.25, -0.2) is 0 Å². The van der Waals surface area contributed by atoms with Gasteiger partial charge in [0.1, 0.15) is 0 Å². The van der Waals surface area contributed by atoms with E-state index in [0.29, 0.717) is 0 Å². The minimum Gasteiger partial charge on any atom is -0.312 e. The Morgan fingerprint density at radius 1 is 0.938 bits per heavy atom. The molecule has 1 unspecified atom stereocenters. The molecule has 1 atom stereocenters. The van der Waals surface area contributed by atoms with Crippen molar-refractivity contribution in [1.82, 2.24) is 10.2 Å². The van der Waals surface area contributed by atoms with Crippen molar-refractivity contribution < 1.29 is 0 Å². The van der Waals surface area contributed by atoms with Crippen LogP contribution in [0.1, 0.15) is 57.8 Å². The van der Waals surface area contributed by atoms with Gasteiger partial charge in [0.15, 0.2) is 0 Å². The summed E-state index contributed by atoms with van der Waals surface area (Å²) in [4.78, 5) is 2.52. The highest BCUT2D eigenvalue weighted by molar-refractivity contribution is 4.80. The van der Waals surface area contributed by atoms with Gasteiger partial charge >= 0.3 is 0 Å². The summed E-state index contributed by atoms with van der Waals surface area (Å²) < 4.78 is 0. The molecule has 1 aliphatic heterocycles. The normalized spacial score (nSPS) is 30.2. The Labute approximate surface area is 101 Å². The first-order valence-electron chi connectivity index (χ1n) is 7.30. The highest BCUT2D eigenvalue weighted by atomic mass is 15.2. The number of rotatable bonds is 3. The highest BCUT2D eigenvalue weighted by Crippen LogP contribution is 2.18. The van der Waals surface area contributed by atoms with E-state index >= 15 is 0 Å². The Balaban J connectivity index is 1.67. The van der Waals surface area contributed by atoms with Gasteiger partial charge in [0.05, 0.1) is 0 Å². The van der Waals surface area contributed by atoms with Crippen molar-refractivity contribution >= 4 is 0 Å². The molecule has 2 fully saturated rings. The highest BCUT2D eigenvalue weighted by Gasteiger charge is 2.21. The lowest BCUT2D eigenvalue weighted by Crippen LogP contribution is -2.40. The molecule has 0 radical (unpaired) electrons. The van der Waals surface area contributed by atoms with Gasteiger partial charge in [0, 0.05) is 18.6 Å². The van der Waals surface area contributed by atoms with Gasteiger partial charge < -0.3 is 10.2 Å². The molecule has 0 amide bonds. The van der Waals surface area contributed by atoms with Crippen molar-refractivity contribution in [3.05, 3.63) is 0 Å². The lowest BCUT2D eigenvalue weighted by Gasteiger charge is -2.25. The molecule has 0 spiro atoms. The maximum absolute atomic E-state index is 3.82. The summed E-state index contributed by atoms with van der Waals surface area (Å²) in [6.45, 7) is 2.53. The van der Waals surface area contributed by atoms with Crippen molar-refractivity contribution in [2.75, 3.05) is 20.1 Å². The molecule has 0 aromatic heterocycles. The van der Waals surface area contributed by atoms with Crippen LogP contribution in [0.15, 0.2) is 0 Å². The fraction of sp³-hybridized carbons (Fsp3) is 1.00. The van der Waals surface area contributed by atoms with Crippen molar-refractivity contribution in [2.45, 2.75) is 69.9 Å². The maximum Gasteiger partial charge on any atom is 0.0218 e. The van der Waals surface area contributed by atoms with Crippen LogP contribution < -0.4 is 5.32 Å². The Morgan fingerprint density at radius 2 is 1.62 bits per heavy atom. The van der Waals surface area contributed by atoms with E-state index in [4.69, 9.17) is 0 Å². The lowest BCUT2D eigenvalue weighted by atomic mass is 9.96. The molecule has 2 heteroatoms. The molecule has 2 rings (SSSR count). The van der Waals surface area contributed by atoms with Gasteiger partial charge in [0.2, 0.25) is 0 Å². The van der Waals surface area contributed by atoms with Crippen LogP contribution in [0.25, 0.3) is 0 Å². The molecule has 1 saturated heterocycles. The number of likely N-dealkylation sites (N-methyl/N-ethyl adjacent to an activating group) is 1. The third-order valence-corrected chi connectivity index (χ3v) is 4.42. The molecule has 0 aromatic carbocycles. The van der Waals surface area contributed by atoms with Crippen LogP contribution in [0.5, 0.6) is 0 Å². The van der Waals surface area contributed by atoms with E-state index in [2.05, 4.69) is 17.3 Å². The first-order valence-corrected chi connectivity index (χ1v) is 7.30. The molecule has 0 aromatic rings. The van der Waals surface area contributed by atoms with Gasteiger partial charge in [-0.3, -0.25) is 0 Å². The van der Waals surface area contributed by atoms with Gasteiger partial charge in [-0.2, -0.15) is 0 Å². The fourth-order valence-corrected chi connectivity index (χ4v) is 3.20. The van der Waals surface area contributed by atoms with Crippen LogP contribution in [-0.2, 0) is 0 Å². The first kappa shape index (κ1) is 12.4. The van der Waals surface area contributed by atoms with E-state index in [1.165, 1.54) is 70.9 Å². The number of nitrogens with zero attached hydrogens (tertiary/aromatic N) is 1. The third-order valence-electron chi connectivity index (χ3n) is 4.42. The van der Waals surface area contributed by atoms with E-state index in [1.807, 2.05) is 0 Å². The zero-order valence-electron chi connectivity index (χ0n) is 10.9. The minimum atomic E-state index is 0.811. The van der Waals surface area contributed by atoms with E-state index < -0.39 is 0 Å². The van der Waals surface area contributed by atoms with Crippen LogP contribution in [0.3, 0.4) is 0 Å². The predicted molar refractivity (Wildman–Crippen MR) is 69.8 cm³/mol. The smallest absolute Gasteiger partial charge is 0.0218 e. The topological polar surface area (TPSA) is 15.3 Å². The van der Waals surface area contributed by atoms with Gasteiger partial charge in [-0.1, -0.05) is 32.1 Å². The zero-order valence-corrected chi connectivity index (χ0v) is 10.9. The fourth-order valence-electron chi connectivity index (χ4n) is 3.20. The quantitative estimate of drug-likeness (QED) is 0.793. The second-order valence-corrected chi connectivity index (χ2v) is 5.73. The SMILES string of the molecule is CN1CCCC1CNC1CCCCCCC1. The van der Waals surface area contributed by atoms with Crippen LogP contribution >= 0.6 is 0 Å². The van der Waals surface area contributed by atoms with Crippen molar-refractivity contribution in [3.8, 4) is 0 Å². The summed E-state index contributed by atoms with van der Waals surface area (Å²) >= 11 is 0. The van der Waals surface area contributed by atoms with Crippen LogP contribution in [0.2, 0.25) is 0 Å². The summed E-state index contributed by atoms with van der Waals surface area (Å²) in [6, 6.07) is 1.62. The molecule has 16 heavy (non-hydrogen) atoms. The standard InChI is InChI=1S/C14H28N2/c1-16-11-7-10-14(16)12-15-13-8-5-3-2-4-6-9-13/h13-15H,2-12H2,1H3. The molecule has 2 nitrogen and oxygen atoms in total. The van der Waals surface area contributed by atoms with Crippen LogP contribution in [0.4, 0.5) is 0 Å². The number of nitrogens with one attached hydrogen (secondary N) is 1. The molecule has 1 saturated carbocycles. The second-order valence-electron chi connectivity index (χ2n) is 5.73. The lowest BCUT2D eigenvalue weighted by molar-refractivity contribution is 0.280. The average Bonchev–Trinajstić information content (AvgIpc) is 2.63. The number of hydrogen-bond donors (Lipinski definition) is 1. The molecule has 0 bridgehead atoms. The molecule has 94 valence electrons. The first-order chi connectivity index (χ1) is 7.86. The van der Waals surface area contributed by atoms with Gasteiger partial charge in [-0.05, 0) is 39.3 Å². The van der Waals surface area contributed by atoms with E-state index in [1.54, 1.807) is 0 Å². The van der Waals surface area contributed by atoms with Gasteiger partial charge in [-0.15, -0.1) is 0 Å². The second kappa shape index (κ2) is 6.61. The summed E-state index contributed by atoms with van der Waals surface area (Å²) in [5.41, 5.74) is 0. The maximum atomic E-state index is 3.82. The molecule has 1 heterocycles. The molecular weight excluding hydrogens is 196 g/mol. The van der Waals surface area contributed by atoms with Crippen LogP contribution in [-0.4, -0.2) is 37.1 Å². The Kier molecular flexibility index (Phi) is 5.11. The van der Waals surface area contributed by atoms with Crippen molar-refractivity contribution in [2.24, 2.45) is 0 Å². The molecule has 1 aliphatic carbocycles. The zero-order chi connectivity index (χ0) is 11.2.